The van der Waals surface area contributed by atoms with Gasteiger partial charge in [-0.15, -0.1) is 0 Å². The monoisotopic (exact) mass is 516 g/mol. The fraction of sp³-hybridized carbons (Fsp3) is 0.407. The number of imidazole rings is 1. The van der Waals surface area contributed by atoms with Gasteiger partial charge in [-0.2, -0.15) is 13.2 Å². The molecule has 192 valence electrons. The quantitative estimate of drug-likeness (QED) is 0.177. The van der Waals surface area contributed by atoms with Crippen molar-refractivity contribution in [2.75, 3.05) is 26.7 Å². The Balaban J connectivity index is 1.48. The summed E-state index contributed by atoms with van der Waals surface area (Å²) in [6.45, 7) is 7.38. The highest BCUT2D eigenvalue weighted by Gasteiger charge is 2.39. The van der Waals surface area contributed by atoms with E-state index in [1.807, 2.05) is 28.8 Å². The maximum Gasteiger partial charge on any atom is 0.407 e. The second-order valence-electron chi connectivity index (χ2n) is 8.86. The molecule has 4 rings (SSSR count). The lowest BCUT2D eigenvalue weighted by atomic mass is 10.0. The van der Waals surface area contributed by atoms with Crippen molar-refractivity contribution in [2.45, 2.75) is 45.3 Å². The molecule has 0 aliphatic rings. The molecule has 2 aromatic carbocycles. The second kappa shape index (κ2) is 11.1. The van der Waals surface area contributed by atoms with E-state index in [4.69, 9.17) is 0 Å². The molecule has 2 heterocycles. The largest absolute Gasteiger partial charge is 0.407 e. The molecule has 0 bridgehead atoms. The van der Waals surface area contributed by atoms with Crippen LogP contribution in [-0.2, 0) is 0 Å². The number of hydrogen-bond donors (Lipinski definition) is 1. The van der Waals surface area contributed by atoms with Crippen LogP contribution in [0.4, 0.5) is 13.2 Å². The van der Waals surface area contributed by atoms with Gasteiger partial charge >= 0.3 is 6.18 Å². The number of thiazole rings is 1. The van der Waals surface area contributed by atoms with E-state index in [1.165, 1.54) is 30.5 Å². The fourth-order valence-corrected chi connectivity index (χ4v) is 5.53. The molecule has 1 N–H and O–H groups in total. The molecule has 4 aromatic rings. The van der Waals surface area contributed by atoms with Gasteiger partial charge in [0.15, 0.2) is 10.7 Å². The maximum atomic E-state index is 13.2. The third-order valence-corrected chi connectivity index (χ3v) is 7.61. The molecule has 0 saturated carbocycles. The van der Waals surface area contributed by atoms with Gasteiger partial charge in [-0.25, -0.2) is 4.98 Å². The summed E-state index contributed by atoms with van der Waals surface area (Å²) in [5.41, 5.74) is 3.27. The molecule has 0 amide bonds. The van der Waals surface area contributed by atoms with Gasteiger partial charge in [-0.05, 0) is 63.3 Å². The van der Waals surface area contributed by atoms with Crippen LogP contribution in [0.1, 0.15) is 55.1 Å². The molecular formula is C27H31F3N4OS. The molecule has 0 spiro atoms. The lowest BCUT2D eigenvalue weighted by Gasteiger charge is -2.20. The topological polar surface area (TPSA) is 49.6 Å². The summed E-state index contributed by atoms with van der Waals surface area (Å²) in [5, 5.41) is 2.32. The number of fused-ring (bicyclic) bond motifs is 3. The molecule has 2 aromatic heterocycles. The Bertz CT molecular complexity index is 1320. The van der Waals surface area contributed by atoms with Gasteiger partial charge in [0.05, 0.1) is 15.9 Å². The van der Waals surface area contributed by atoms with E-state index in [0.717, 1.165) is 58.8 Å². The zero-order valence-corrected chi connectivity index (χ0v) is 21.5. The highest BCUT2D eigenvalue weighted by Crippen LogP contribution is 2.34. The number of benzene rings is 2. The third kappa shape index (κ3) is 5.63. The van der Waals surface area contributed by atoms with Crippen molar-refractivity contribution in [3.63, 3.8) is 0 Å². The molecule has 0 radical (unpaired) electrons. The number of aromatic nitrogens is 2. The van der Waals surface area contributed by atoms with Crippen LogP contribution in [0, 0.1) is 0 Å². The normalized spacial score (nSPS) is 13.2. The summed E-state index contributed by atoms with van der Waals surface area (Å²) in [4.78, 5) is 20.5. The van der Waals surface area contributed by atoms with Crippen molar-refractivity contribution < 1.29 is 18.0 Å². The first kappa shape index (κ1) is 26.3. The fourth-order valence-electron chi connectivity index (χ4n) is 4.48. The lowest BCUT2D eigenvalue weighted by molar-refractivity contribution is -0.156. The van der Waals surface area contributed by atoms with Crippen LogP contribution in [0.2, 0.25) is 0 Å². The average Bonchev–Trinajstić information content (AvgIpc) is 3.41. The molecule has 5 nitrogen and oxygen atoms in total. The average molecular weight is 517 g/mol. The van der Waals surface area contributed by atoms with Crippen LogP contribution >= 0.6 is 11.3 Å². The van der Waals surface area contributed by atoms with Crippen LogP contribution in [0.3, 0.4) is 0 Å². The molecule has 1 atom stereocenters. The molecule has 36 heavy (non-hydrogen) atoms. The summed E-state index contributed by atoms with van der Waals surface area (Å²) in [7, 11) is 1.30. The Morgan fingerprint density at radius 2 is 1.83 bits per heavy atom. The Labute approximate surface area is 212 Å². The first-order valence-corrected chi connectivity index (χ1v) is 13.1. The molecule has 9 heteroatoms. The first-order valence-electron chi connectivity index (χ1n) is 12.3. The van der Waals surface area contributed by atoms with Gasteiger partial charge in [0, 0.05) is 23.7 Å². The van der Waals surface area contributed by atoms with Gasteiger partial charge in [0.25, 0.3) is 0 Å². The number of Topliss-reactive ketones (excluding diaryl/α,β-unsaturated/α-hetero) is 1. The highest BCUT2D eigenvalue weighted by molar-refractivity contribution is 7.23. The number of carbonyl (C=O) groups is 1. The minimum Gasteiger partial charge on any atom is -0.306 e. The van der Waals surface area contributed by atoms with E-state index in [0.29, 0.717) is 12.1 Å². The number of halogens is 3. The summed E-state index contributed by atoms with van der Waals surface area (Å²) in [6, 6.07) is 10.3. The summed E-state index contributed by atoms with van der Waals surface area (Å²) < 4.78 is 42.5. The van der Waals surface area contributed by atoms with Crippen molar-refractivity contribution in [3.8, 4) is 11.3 Å². The lowest BCUT2D eigenvalue weighted by Crippen LogP contribution is -2.31. The Hall–Kier alpha value is -2.75. The predicted octanol–water partition coefficient (Wildman–Crippen LogP) is 6.73. The van der Waals surface area contributed by atoms with E-state index < -0.39 is 12.2 Å². The summed E-state index contributed by atoms with van der Waals surface area (Å²) in [6.07, 6.45) is -0.0491. The van der Waals surface area contributed by atoms with E-state index in [-0.39, 0.29) is 11.3 Å². The number of unbranched alkanes of at least 4 members (excludes halogenated alkanes) is 1. The van der Waals surface area contributed by atoms with Crippen LogP contribution < -0.4 is 5.32 Å². The molecule has 0 unspecified atom stereocenters. The molecule has 0 fully saturated rings. The van der Waals surface area contributed by atoms with Gasteiger partial charge in [-0.1, -0.05) is 49.4 Å². The number of ketones is 1. The van der Waals surface area contributed by atoms with Crippen molar-refractivity contribution in [1.29, 1.82) is 0 Å². The first-order chi connectivity index (χ1) is 17.2. The van der Waals surface area contributed by atoms with Crippen molar-refractivity contribution in [1.82, 2.24) is 19.6 Å². The summed E-state index contributed by atoms with van der Waals surface area (Å²) >= 11 is 1.50. The van der Waals surface area contributed by atoms with Crippen LogP contribution in [0.15, 0.2) is 48.7 Å². The number of hydrogen-bond acceptors (Lipinski definition) is 5. The van der Waals surface area contributed by atoms with Gasteiger partial charge < -0.3 is 10.2 Å². The summed E-state index contributed by atoms with van der Waals surface area (Å²) in [5.74, 6) is 0.155. The number of nitrogens with zero attached hydrogens (tertiary/aromatic N) is 3. The number of carbonyl (C=O) groups excluding carboxylic acids is 1. The van der Waals surface area contributed by atoms with Crippen molar-refractivity contribution >= 4 is 32.3 Å². The zero-order chi connectivity index (χ0) is 25.9. The molecule has 0 saturated heterocycles. The smallest absolute Gasteiger partial charge is 0.306 e. The molecule has 0 aliphatic carbocycles. The number of nitrogens with one attached hydrogen (secondary N) is 1. The minimum absolute atomic E-state index is 0.155. The van der Waals surface area contributed by atoms with E-state index in [9.17, 15) is 18.0 Å². The maximum absolute atomic E-state index is 13.2. The SMILES string of the molecule is CCN(CC)CCCCC(=O)c1ccc2c(c1)sc1nc(-c3ccc([C@@H](NC)C(F)(F)F)cc3)cn12. The molecule has 0 aliphatic heterocycles. The standard InChI is InChI=1S/C27H31F3N4OS/c1-4-33(5-2)15-7-6-8-23(35)20-13-14-22-24(16-20)36-26-32-21(17-34(22)26)18-9-11-19(12-10-18)25(31-3)27(28,29)30/h9-14,16-17,25,31H,4-8,15H2,1-3H3/t25-/m1/s1. The minimum atomic E-state index is -4.36. The van der Waals surface area contributed by atoms with Gasteiger partial charge in [-0.3, -0.25) is 9.20 Å². The van der Waals surface area contributed by atoms with E-state index in [2.05, 4.69) is 29.0 Å². The Morgan fingerprint density at radius 1 is 1.11 bits per heavy atom. The Kier molecular flexibility index (Phi) is 8.12. The van der Waals surface area contributed by atoms with E-state index in [1.54, 1.807) is 12.1 Å². The molecular weight excluding hydrogens is 485 g/mol. The zero-order valence-electron chi connectivity index (χ0n) is 20.7. The number of alkyl halides is 3. The number of rotatable bonds is 11. The third-order valence-electron chi connectivity index (χ3n) is 6.59. The van der Waals surface area contributed by atoms with Crippen LogP contribution in [-0.4, -0.2) is 52.9 Å². The van der Waals surface area contributed by atoms with Crippen molar-refractivity contribution in [2.24, 2.45) is 0 Å². The highest BCUT2D eigenvalue weighted by atomic mass is 32.1. The van der Waals surface area contributed by atoms with Gasteiger partial charge in [0.2, 0.25) is 0 Å². The van der Waals surface area contributed by atoms with Crippen molar-refractivity contribution in [3.05, 3.63) is 59.8 Å². The second-order valence-corrected chi connectivity index (χ2v) is 9.86. The van der Waals surface area contributed by atoms with Crippen LogP contribution in [0.25, 0.3) is 26.4 Å². The van der Waals surface area contributed by atoms with Crippen LogP contribution in [0.5, 0.6) is 0 Å². The predicted molar refractivity (Wildman–Crippen MR) is 140 cm³/mol. The van der Waals surface area contributed by atoms with Gasteiger partial charge in [0.1, 0.15) is 6.04 Å². The van der Waals surface area contributed by atoms with E-state index >= 15 is 0 Å². The Morgan fingerprint density at radius 3 is 2.47 bits per heavy atom.